The molecule has 1 aromatic rings. The molecule has 0 spiro atoms. The lowest BCUT2D eigenvalue weighted by atomic mass is 9.48. The Morgan fingerprint density at radius 2 is 1.63 bits per heavy atom. The van der Waals surface area contributed by atoms with Crippen LogP contribution >= 0.6 is 0 Å². The zero-order chi connectivity index (χ0) is 29.8. The molecular weight excluding hydrogens is 549 g/mol. The third-order valence-corrected chi connectivity index (χ3v) is 14.7. The summed E-state index contributed by atoms with van der Waals surface area (Å²) in [6.07, 6.45) is 2.20. The molecule has 1 aromatic carbocycles. The summed E-state index contributed by atoms with van der Waals surface area (Å²) in [4.78, 5) is 0.0156. The number of hydrogen-bond acceptors (Lipinski definition) is 4. The molecule has 8 heteroatoms. The van der Waals surface area contributed by atoms with Gasteiger partial charge in [0.15, 0.2) is 15.9 Å². The maximum atomic E-state index is 13.6. The van der Waals surface area contributed by atoms with Crippen LogP contribution in [0.3, 0.4) is 0 Å². The number of rotatable bonds is 8. The van der Waals surface area contributed by atoms with E-state index in [0.717, 1.165) is 51.4 Å². The SMILES string of the molecule is CC[C@]1(O)CC[C@H]2C(CC[C@@H]3[C@@H]2CC[C@]2(C)[C@@H]([C@H](C)CC(C[C@H](O)C(F)(F)F)S(=O)(=O)c4ccccc4)CC[C@@H]32)C1. The zero-order valence-electron chi connectivity index (χ0n) is 24.8. The Bertz CT molecular complexity index is 1160. The maximum absolute atomic E-state index is 13.6. The normalized spacial score (nSPS) is 39.7. The van der Waals surface area contributed by atoms with Crippen LogP contribution in [0.2, 0.25) is 0 Å². The van der Waals surface area contributed by atoms with Crippen LogP contribution in [0.4, 0.5) is 13.2 Å². The van der Waals surface area contributed by atoms with Crippen molar-refractivity contribution in [2.75, 3.05) is 0 Å². The van der Waals surface area contributed by atoms with E-state index in [1.165, 1.54) is 25.0 Å². The lowest BCUT2D eigenvalue weighted by Gasteiger charge is -2.57. The van der Waals surface area contributed by atoms with E-state index < -0.39 is 39.4 Å². The standard InChI is InChI=1S/C33H49F3O4S/c1-4-32(38)17-15-25-22(20-32)10-11-27-26(25)14-16-31(3)28(12-13-29(27)31)21(2)18-24(19-30(37)33(34,35)36)41(39,40)23-8-6-5-7-9-23/h5-9,21-22,24-30,37-38H,4,10-20H2,1-3H3/t21-,22?,24?,25+,26-,27-,28-,29+,30+,31-,32+/m1/s1. The van der Waals surface area contributed by atoms with E-state index in [2.05, 4.69) is 13.8 Å². The van der Waals surface area contributed by atoms with Crippen molar-refractivity contribution in [3.63, 3.8) is 0 Å². The molecule has 0 aliphatic heterocycles. The highest BCUT2D eigenvalue weighted by molar-refractivity contribution is 7.92. The first-order valence-corrected chi connectivity index (χ1v) is 17.5. The summed E-state index contributed by atoms with van der Waals surface area (Å²) < 4.78 is 67.4. The molecule has 4 fully saturated rings. The Morgan fingerprint density at radius 1 is 0.951 bits per heavy atom. The van der Waals surface area contributed by atoms with Gasteiger partial charge in [-0.25, -0.2) is 8.42 Å². The Kier molecular flexibility index (Phi) is 8.72. The van der Waals surface area contributed by atoms with Gasteiger partial charge in [0.05, 0.1) is 15.7 Å². The second-order valence-electron chi connectivity index (χ2n) is 14.5. The summed E-state index contributed by atoms with van der Waals surface area (Å²) in [6, 6.07) is 7.72. The van der Waals surface area contributed by atoms with Gasteiger partial charge in [0.2, 0.25) is 0 Å². The predicted molar refractivity (Wildman–Crippen MR) is 154 cm³/mol. The van der Waals surface area contributed by atoms with Crippen LogP contribution in [-0.4, -0.2) is 41.8 Å². The molecule has 4 aliphatic rings. The van der Waals surface area contributed by atoms with Crippen molar-refractivity contribution < 1.29 is 31.8 Å². The number of aliphatic hydroxyl groups is 2. The molecule has 0 aromatic heterocycles. The van der Waals surface area contributed by atoms with Crippen LogP contribution in [0.1, 0.15) is 97.8 Å². The molecule has 0 radical (unpaired) electrons. The van der Waals surface area contributed by atoms with Gasteiger partial charge in [-0.15, -0.1) is 0 Å². The van der Waals surface area contributed by atoms with Gasteiger partial charge in [0, 0.05) is 0 Å². The molecule has 0 saturated heterocycles. The second-order valence-corrected chi connectivity index (χ2v) is 16.7. The van der Waals surface area contributed by atoms with Crippen molar-refractivity contribution in [2.24, 2.45) is 46.8 Å². The van der Waals surface area contributed by atoms with Crippen LogP contribution in [-0.2, 0) is 9.84 Å². The molecule has 2 N–H and O–H groups in total. The van der Waals surface area contributed by atoms with E-state index in [0.29, 0.717) is 29.6 Å². The molecule has 41 heavy (non-hydrogen) atoms. The number of hydrogen-bond donors (Lipinski definition) is 2. The van der Waals surface area contributed by atoms with E-state index in [1.54, 1.807) is 18.2 Å². The molecule has 2 unspecified atom stereocenters. The van der Waals surface area contributed by atoms with Gasteiger partial charge in [0.1, 0.15) is 0 Å². The van der Waals surface area contributed by atoms with Crippen LogP contribution in [0, 0.1) is 46.8 Å². The average Bonchev–Trinajstić information content (AvgIpc) is 3.29. The van der Waals surface area contributed by atoms with Gasteiger partial charge in [0.25, 0.3) is 0 Å². The Morgan fingerprint density at radius 3 is 2.29 bits per heavy atom. The molecule has 4 aliphatic carbocycles. The highest BCUT2D eigenvalue weighted by Gasteiger charge is 2.58. The highest BCUT2D eigenvalue weighted by atomic mass is 32.2. The van der Waals surface area contributed by atoms with Crippen molar-refractivity contribution in [1.82, 2.24) is 0 Å². The molecule has 0 amide bonds. The molecule has 4 saturated carbocycles. The molecule has 232 valence electrons. The molecule has 4 nitrogen and oxygen atoms in total. The fraction of sp³-hybridized carbons (Fsp3) is 0.818. The van der Waals surface area contributed by atoms with Crippen LogP contribution < -0.4 is 0 Å². The monoisotopic (exact) mass is 598 g/mol. The smallest absolute Gasteiger partial charge is 0.390 e. The summed E-state index contributed by atoms with van der Waals surface area (Å²) in [7, 11) is -4.05. The van der Waals surface area contributed by atoms with Gasteiger partial charge >= 0.3 is 6.18 Å². The fourth-order valence-corrected chi connectivity index (χ4v) is 12.3. The van der Waals surface area contributed by atoms with E-state index in [4.69, 9.17) is 0 Å². The predicted octanol–water partition coefficient (Wildman–Crippen LogP) is 7.58. The van der Waals surface area contributed by atoms with Gasteiger partial charge < -0.3 is 10.2 Å². The number of sulfone groups is 1. The lowest BCUT2D eigenvalue weighted by molar-refractivity contribution is -0.205. The minimum absolute atomic E-state index is 0.0156. The summed E-state index contributed by atoms with van der Waals surface area (Å²) >= 11 is 0. The van der Waals surface area contributed by atoms with Crippen molar-refractivity contribution in [3.05, 3.63) is 30.3 Å². The van der Waals surface area contributed by atoms with Gasteiger partial charge in [-0.3, -0.25) is 0 Å². The van der Waals surface area contributed by atoms with E-state index in [9.17, 15) is 31.8 Å². The topological polar surface area (TPSA) is 74.6 Å². The summed E-state index contributed by atoms with van der Waals surface area (Å²) in [5, 5.41) is 19.6. The minimum Gasteiger partial charge on any atom is -0.390 e. The molecule has 11 atom stereocenters. The minimum atomic E-state index is -4.86. The number of fused-ring (bicyclic) bond motifs is 5. The Hall–Kier alpha value is -1.12. The van der Waals surface area contributed by atoms with Crippen LogP contribution in [0.25, 0.3) is 0 Å². The number of halogens is 3. The van der Waals surface area contributed by atoms with Crippen molar-refractivity contribution in [1.29, 1.82) is 0 Å². The average molecular weight is 599 g/mol. The third kappa shape index (κ3) is 5.87. The molecule has 0 heterocycles. The maximum Gasteiger partial charge on any atom is 0.414 e. The van der Waals surface area contributed by atoms with Crippen molar-refractivity contribution >= 4 is 9.84 Å². The van der Waals surface area contributed by atoms with Crippen molar-refractivity contribution in [3.8, 4) is 0 Å². The van der Waals surface area contributed by atoms with Crippen molar-refractivity contribution in [2.45, 2.75) is 126 Å². The molecular formula is C33H49F3O4S. The van der Waals surface area contributed by atoms with E-state index >= 15 is 0 Å². The fourth-order valence-electron chi connectivity index (χ4n) is 10.4. The van der Waals surface area contributed by atoms with E-state index in [-0.39, 0.29) is 28.6 Å². The van der Waals surface area contributed by atoms with Gasteiger partial charge in [-0.2, -0.15) is 13.2 Å². The van der Waals surface area contributed by atoms with Gasteiger partial charge in [-0.05, 0) is 136 Å². The van der Waals surface area contributed by atoms with Crippen LogP contribution in [0.5, 0.6) is 0 Å². The largest absolute Gasteiger partial charge is 0.414 e. The third-order valence-electron chi connectivity index (χ3n) is 12.5. The summed E-state index contributed by atoms with van der Waals surface area (Å²) in [5.41, 5.74) is -0.447. The van der Waals surface area contributed by atoms with E-state index in [1.807, 2.05) is 6.92 Å². The van der Waals surface area contributed by atoms with Gasteiger partial charge in [-0.1, -0.05) is 39.0 Å². The Balaban J connectivity index is 1.33. The first kappa shape index (κ1) is 31.3. The molecule has 0 bridgehead atoms. The number of benzene rings is 1. The lowest BCUT2D eigenvalue weighted by Crippen LogP contribution is -2.51. The highest BCUT2D eigenvalue weighted by Crippen LogP contribution is 2.66. The molecule has 5 rings (SSSR count). The quantitative estimate of drug-likeness (QED) is 0.324. The summed E-state index contributed by atoms with van der Waals surface area (Å²) in [5.74, 6) is 3.37. The zero-order valence-corrected chi connectivity index (χ0v) is 25.6. The number of aliphatic hydroxyl groups excluding tert-OH is 1. The second kappa shape index (κ2) is 11.4. The Labute approximate surface area is 244 Å². The first-order valence-electron chi connectivity index (χ1n) is 16.0. The van der Waals surface area contributed by atoms with Crippen LogP contribution in [0.15, 0.2) is 35.2 Å². The first-order chi connectivity index (χ1) is 19.2. The summed E-state index contributed by atoms with van der Waals surface area (Å²) in [6.45, 7) is 6.49. The number of alkyl halides is 3.